The Labute approximate surface area is 125 Å². The largest absolute Gasteiger partial charge is 0.495 e. The normalized spacial score (nSPS) is 10.0. The van der Waals surface area contributed by atoms with Crippen LogP contribution >= 0.6 is 0 Å². The van der Waals surface area contributed by atoms with Gasteiger partial charge in [0.2, 0.25) is 5.91 Å². The number of carbonyl (C=O) groups excluding carboxylic acids is 1. The van der Waals surface area contributed by atoms with Crippen molar-refractivity contribution < 1.29 is 9.53 Å². The Morgan fingerprint density at radius 2 is 1.76 bits per heavy atom. The van der Waals surface area contributed by atoms with E-state index in [2.05, 4.69) is 5.32 Å². The van der Waals surface area contributed by atoms with E-state index >= 15 is 0 Å². The van der Waals surface area contributed by atoms with Crippen molar-refractivity contribution in [1.29, 1.82) is 0 Å². The van der Waals surface area contributed by atoms with Crippen LogP contribution in [-0.4, -0.2) is 31.5 Å². The lowest BCUT2D eigenvalue weighted by molar-refractivity contribution is -0.128. The molecule has 0 aliphatic rings. The van der Waals surface area contributed by atoms with Gasteiger partial charge in [0.05, 0.1) is 19.3 Å². The summed E-state index contributed by atoms with van der Waals surface area (Å²) < 4.78 is 5.25. The minimum atomic E-state index is 0.0322. The van der Waals surface area contributed by atoms with Crippen molar-refractivity contribution in [3.05, 3.63) is 60.2 Å². The number of hydrogen-bond donors (Lipinski definition) is 1. The number of carbonyl (C=O) groups is 1. The van der Waals surface area contributed by atoms with Gasteiger partial charge in [-0.1, -0.05) is 42.5 Å². The summed E-state index contributed by atoms with van der Waals surface area (Å²) in [5, 5.41) is 3.11. The summed E-state index contributed by atoms with van der Waals surface area (Å²) in [6.07, 6.45) is 0. The van der Waals surface area contributed by atoms with Crippen LogP contribution in [0, 0.1) is 0 Å². The second kappa shape index (κ2) is 7.33. The lowest BCUT2D eigenvalue weighted by Crippen LogP contribution is -2.31. The molecule has 0 fully saturated rings. The van der Waals surface area contributed by atoms with Crippen LogP contribution in [0.5, 0.6) is 5.75 Å². The summed E-state index contributed by atoms with van der Waals surface area (Å²) >= 11 is 0. The molecular formula is C17H20N2O2. The fraction of sp³-hybridized carbons (Fsp3) is 0.235. The number of nitrogens with one attached hydrogen (secondary N) is 1. The molecule has 0 radical (unpaired) electrons. The molecule has 0 unspecified atom stereocenters. The number of benzene rings is 2. The Morgan fingerprint density at radius 3 is 2.48 bits per heavy atom. The zero-order valence-electron chi connectivity index (χ0n) is 12.4. The number of amides is 1. The van der Waals surface area contributed by atoms with Crippen LogP contribution in [0.4, 0.5) is 5.69 Å². The van der Waals surface area contributed by atoms with Gasteiger partial charge in [-0.15, -0.1) is 0 Å². The minimum Gasteiger partial charge on any atom is -0.495 e. The molecule has 0 aromatic heterocycles. The first-order chi connectivity index (χ1) is 10.2. The Kier molecular flexibility index (Phi) is 5.21. The first kappa shape index (κ1) is 14.9. The van der Waals surface area contributed by atoms with Gasteiger partial charge in [0.25, 0.3) is 0 Å². The predicted octanol–water partition coefficient (Wildman–Crippen LogP) is 2.77. The second-order valence-electron chi connectivity index (χ2n) is 4.79. The van der Waals surface area contributed by atoms with Crippen molar-refractivity contribution in [2.75, 3.05) is 26.0 Å². The lowest BCUT2D eigenvalue weighted by atomic mass is 10.2. The van der Waals surface area contributed by atoms with Crippen molar-refractivity contribution >= 4 is 11.6 Å². The summed E-state index contributed by atoms with van der Waals surface area (Å²) in [5.74, 6) is 0.765. The fourth-order valence-corrected chi connectivity index (χ4v) is 2.04. The highest BCUT2D eigenvalue weighted by molar-refractivity contribution is 5.81. The van der Waals surface area contributed by atoms with Crippen molar-refractivity contribution in [2.45, 2.75) is 6.54 Å². The Hall–Kier alpha value is -2.49. The average Bonchev–Trinajstić information content (AvgIpc) is 2.53. The number of anilines is 1. The number of methoxy groups -OCH3 is 1. The highest BCUT2D eigenvalue weighted by Crippen LogP contribution is 2.22. The summed E-state index contributed by atoms with van der Waals surface area (Å²) in [7, 11) is 3.42. The number of hydrogen-bond acceptors (Lipinski definition) is 3. The molecule has 4 nitrogen and oxygen atoms in total. The minimum absolute atomic E-state index is 0.0322. The molecule has 2 aromatic carbocycles. The zero-order chi connectivity index (χ0) is 15.1. The predicted molar refractivity (Wildman–Crippen MR) is 84.4 cm³/mol. The van der Waals surface area contributed by atoms with Crippen molar-refractivity contribution in [3.8, 4) is 5.75 Å². The Morgan fingerprint density at radius 1 is 1.10 bits per heavy atom. The van der Waals surface area contributed by atoms with Crippen molar-refractivity contribution in [3.63, 3.8) is 0 Å². The topological polar surface area (TPSA) is 41.6 Å². The third kappa shape index (κ3) is 4.24. The van der Waals surface area contributed by atoms with E-state index in [-0.39, 0.29) is 12.5 Å². The van der Waals surface area contributed by atoms with E-state index < -0.39 is 0 Å². The van der Waals surface area contributed by atoms with Gasteiger partial charge in [0, 0.05) is 13.6 Å². The zero-order valence-corrected chi connectivity index (χ0v) is 12.4. The van der Waals surface area contributed by atoms with E-state index in [0.29, 0.717) is 6.54 Å². The molecule has 0 saturated heterocycles. The number of likely N-dealkylation sites (N-methyl/N-ethyl adjacent to an activating group) is 1. The number of rotatable bonds is 6. The van der Waals surface area contributed by atoms with Crippen LogP contribution in [0.2, 0.25) is 0 Å². The van der Waals surface area contributed by atoms with Crippen LogP contribution in [0.1, 0.15) is 5.56 Å². The van der Waals surface area contributed by atoms with E-state index in [1.165, 1.54) is 0 Å². The highest BCUT2D eigenvalue weighted by Gasteiger charge is 2.10. The molecule has 1 N–H and O–H groups in total. The third-order valence-electron chi connectivity index (χ3n) is 3.23. The first-order valence-corrected chi connectivity index (χ1v) is 6.85. The molecule has 0 heterocycles. The molecule has 0 aliphatic carbocycles. The standard InChI is InChI=1S/C17H20N2O2/c1-19(13-14-8-4-3-5-9-14)17(20)12-18-15-10-6-7-11-16(15)21-2/h3-11,18H,12-13H2,1-2H3. The van der Waals surface area contributed by atoms with E-state index in [0.717, 1.165) is 17.0 Å². The molecular weight excluding hydrogens is 264 g/mol. The van der Waals surface area contributed by atoms with Gasteiger partial charge >= 0.3 is 0 Å². The molecule has 110 valence electrons. The maximum Gasteiger partial charge on any atom is 0.241 e. The maximum absolute atomic E-state index is 12.1. The van der Waals surface area contributed by atoms with E-state index in [1.54, 1.807) is 19.1 Å². The number of nitrogens with zero attached hydrogens (tertiary/aromatic N) is 1. The Balaban J connectivity index is 1.89. The Bertz CT molecular complexity index is 584. The number of ether oxygens (including phenoxy) is 1. The third-order valence-corrected chi connectivity index (χ3v) is 3.23. The average molecular weight is 284 g/mol. The van der Waals surface area contributed by atoms with Gasteiger partial charge in [-0.05, 0) is 17.7 Å². The molecule has 0 aliphatic heterocycles. The summed E-state index contributed by atoms with van der Waals surface area (Å²) in [6.45, 7) is 0.844. The quantitative estimate of drug-likeness (QED) is 0.887. The van der Waals surface area contributed by atoms with Crippen LogP contribution in [0.25, 0.3) is 0 Å². The monoisotopic (exact) mass is 284 g/mol. The molecule has 21 heavy (non-hydrogen) atoms. The van der Waals surface area contributed by atoms with E-state index in [9.17, 15) is 4.79 Å². The SMILES string of the molecule is COc1ccccc1NCC(=O)N(C)Cc1ccccc1. The van der Waals surface area contributed by atoms with Gasteiger partial charge in [0.15, 0.2) is 0 Å². The molecule has 4 heteroatoms. The van der Waals surface area contributed by atoms with Gasteiger partial charge in [-0.3, -0.25) is 4.79 Å². The molecule has 0 bridgehead atoms. The highest BCUT2D eigenvalue weighted by atomic mass is 16.5. The van der Waals surface area contributed by atoms with E-state index in [4.69, 9.17) is 4.74 Å². The van der Waals surface area contributed by atoms with Gasteiger partial charge < -0.3 is 15.0 Å². The van der Waals surface area contributed by atoms with Crippen LogP contribution in [0.3, 0.4) is 0 Å². The summed E-state index contributed by atoms with van der Waals surface area (Å²) in [5.41, 5.74) is 1.94. The molecule has 0 atom stereocenters. The molecule has 0 saturated carbocycles. The smallest absolute Gasteiger partial charge is 0.241 e. The van der Waals surface area contributed by atoms with Crippen LogP contribution in [-0.2, 0) is 11.3 Å². The molecule has 2 rings (SSSR count). The summed E-state index contributed by atoms with van der Waals surface area (Å²) in [6, 6.07) is 17.5. The first-order valence-electron chi connectivity index (χ1n) is 6.85. The molecule has 0 spiro atoms. The van der Waals surface area contributed by atoms with Crippen LogP contribution < -0.4 is 10.1 Å². The van der Waals surface area contributed by atoms with Gasteiger partial charge in [0.1, 0.15) is 5.75 Å². The molecule has 2 aromatic rings. The van der Waals surface area contributed by atoms with Gasteiger partial charge in [-0.2, -0.15) is 0 Å². The van der Waals surface area contributed by atoms with E-state index in [1.807, 2.05) is 54.6 Å². The molecule has 1 amide bonds. The lowest BCUT2D eigenvalue weighted by Gasteiger charge is -2.18. The van der Waals surface area contributed by atoms with Crippen molar-refractivity contribution in [1.82, 2.24) is 4.90 Å². The number of para-hydroxylation sites is 2. The van der Waals surface area contributed by atoms with Crippen molar-refractivity contribution in [2.24, 2.45) is 0 Å². The fourth-order valence-electron chi connectivity index (χ4n) is 2.04. The second-order valence-corrected chi connectivity index (χ2v) is 4.79. The maximum atomic E-state index is 12.1. The van der Waals surface area contributed by atoms with Crippen LogP contribution in [0.15, 0.2) is 54.6 Å². The van der Waals surface area contributed by atoms with Gasteiger partial charge in [-0.25, -0.2) is 0 Å². The summed E-state index contributed by atoms with van der Waals surface area (Å²) in [4.78, 5) is 13.8.